The van der Waals surface area contributed by atoms with Gasteiger partial charge >= 0.3 is 0 Å². The minimum absolute atomic E-state index is 0.526. The first kappa shape index (κ1) is 35.7. The fourth-order valence-electron chi connectivity index (χ4n) is 5.68. The lowest BCUT2D eigenvalue weighted by atomic mass is 9.98. The maximum atomic E-state index is 12.1. The van der Waals surface area contributed by atoms with E-state index in [4.69, 9.17) is 0 Å². The molecule has 0 N–H and O–H groups in total. The molecule has 0 aromatic rings. The standard InChI is InChI=1S/C35H70O/c1-4-6-7-8-9-10-11-12-16-19-22-25-28-32-35(36)33-29-26-23-20-17-14-13-15-18-21-24-27-31-34(3)30-5-2/h34H,4-33H2,1-3H3. The van der Waals surface area contributed by atoms with Gasteiger partial charge in [-0.1, -0.05) is 188 Å². The lowest BCUT2D eigenvalue weighted by molar-refractivity contribution is -0.119. The van der Waals surface area contributed by atoms with E-state index >= 15 is 0 Å². The Hall–Kier alpha value is -0.330. The van der Waals surface area contributed by atoms with Crippen molar-refractivity contribution in [3.05, 3.63) is 0 Å². The van der Waals surface area contributed by atoms with Crippen molar-refractivity contribution in [3.63, 3.8) is 0 Å². The molecule has 0 aromatic heterocycles. The Balaban J connectivity index is 3.17. The van der Waals surface area contributed by atoms with Gasteiger partial charge in [0.2, 0.25) is 0 Å². The van der Waals surface area contributed by atoms with E-state index in [1.807, 2.05) is 0 Å². The first-order valence-electron chi connectivity index (χ1n) is 17.2. The topological polar surface area (TPSA) is 17.1 Å². The van der Waals surface area contributed by atoms with Crippen molar-refractivity contribution in [2.45, 2.75) is 213 Å². The second kappa shape index (κ2) is 30.9. The summed E-state index contributed by atoms with van der Waals surface area (Å²) < 4.78 is 0. The molecule has 36 heavy (non-hydrogen) atoms. The molecular formula is C35H70O. The van der Waals surface area contributed by atoms with Gasteiger partial charge in [-0.3, -0.25) is 4.79 Å². The van der Waals surface area contributed by atoms with Crippen LogP contribution in [-0.2, 0) is 4.79 Å². The van der Waals surface area contributed by atoms with Crippen molar-refractivity contribution < 1.29 is 4.79 Å². The summed E-state index contributed by atoms with van der Waals surface area (Å²) >= 11 is 0. The van der Waals surface area contributed by atoms with Crippen LogP contribution >= 0.6 is 0 Å². The summed E-state index contributed by atoms with van der Waals surface area (Å²) in [5, 5.41) is 0. The molecule has 0 aromatic carbocycles. The molecule has 0 fully saturated rings. The number of hydrogen-bond acceptors (Lipinski definition) is 1. The van der Waals surface area contributed by atoms with Gasteiger partial charge in [-0.15, -0.1) is 0 Å². The van der Waals surface area contributed by atoms with Gasteiger partial charge < -0.3 is 0 Å². The lowest BCUT2D eigenvalue weighted by Gasteiger charge is -2.09. The second-order valence-electron chi connectivity index (χ2n) is 12.2. The van der Waals surface area contributed by atoms with Gasteiger partial charge in [0.15, 0.2) is 0 Å². The third-order valence-electron chi connectivity index (χ3n) is 8.24. The Labute approximate surface area is 229 Å². The van der Waals surface area contributed by atoms with Crippen LogP contribution in [0.2, 0.25) is 0 Å². The Bertz CT molecular complexity index is 415. The van der Waals surface area contributed by atoms with Crippen LogP contribution < -0.4 is 0 Å². The highest BCUT2D eigenvalue weighted by Crippen LogP contribution is 2.17. The van der Waals surface area contributed by atoms with Crippen LogP contribution in [0, 0.1) is 5.92 Å². The predicted octanol–water partition coefficient (Wildman–Crippen LogP) is 12.9. The summed E-state index contributed by atoms with van der Waals surface area (Å²) in [4.78, 5) is 12.1. The Morgan fingerprint density at radius 1 is 0.389 bits per heavy atom. The van der Waals surface area contributed by atoms with Gasteiger partial charge in [0.1, 0.15) is 5.78 Å². The van der Waals surface area contributed by atoms with Gasteiger partial charge in [-0.2, -0.15) is 0 Å². The van der Waals surface area contributed by atoms with Crippen molar-refractivity contribution in [1.82, 2.24) is 0 Å². The number of rotatable bonds is 31. The molecule has 0 heterocycles. The average Bonchev–Trinajstić information content (AvgIpc) is 2.87. The van der Waals surface area contributed by atoms with Crippen LogP contribution in [0.15, 0.2) is 0 Å². The van der Waals surface area contributed by atoms with E-state index in [0.29, 0.717) is 5.78 Å². The average molecular weight is 507 g/mol. The number of carbonyl (C=O) groups is 1. The van der Waals surface area contributed by atoms with Crippen LogP contribution in [0.3, 0.4) is 0 Å². The molecular weight excluding hydrogens is 436 g/mol. The number of unbranched alkanes of at least 4 members (excludes halogenated alkanes) is 23. The van der Waals surface area contributed by atoms with Crippen molar-refractivity contribution in [2.75, 3.05) is 0 Å². The van der Waals surface area contributed by atoms with Gasteiger partial charge in [0, 0.05) is 12.8 Å². The molecule has 0 saturated heterocycles. The molecule has 1 nitrogen and oxygen atoms in total. The largest absolute Gasteiger partial charge is 0.300 e. The monoisotopic (exact) mass is 507 g/mol. The predicted molar refractivity (Wildman–Crippen MR) is 164 cm³/mol. The molecule has 1 unspecified atom stereocenters. The van der Waals surface area contributed by atoms with Gasteiger partial charge in [-0.05, 0) is 18.8 Å². The summed E-state index contributed by atoms with van der Waals surface area (Å²) in [6, 6.07) is 0. The van der Waals surface area contributed by atoms with E-state index in [1.165, 1.54) is 167 Å². The quantitative estimate of drug-likeness (QED) is 0.0854. The number of Topliss-reactive ketones (excluding diaryl/α,β-unsaturated/α-hetero) is 1. The fourth-order valence-corrected chi connectivity index (χ4v) is 5.68. The molecule has 216 valence electrons. The summed E-state index contributed by atoms with van der Waals surface area (Å²) in [5.74, 6) is 1.47. The summed E-state index contributed by atoms with van der Waals surface area (Å²) in [6.45, 7) is 7.01. The molecule has 0 radical (unpaired) electrons. The maximum Gasteiger partial charge on any atom is 0.132 e. The highest BCUT2D eigenvalue weighted by molar-refractivity contribution is 5.78. The van der Waals surface area contributed by atoms with E-state index < -0.39 is 0 Å². The first-order valence-corrected chi connectivity index (χ1v) is 17.2. The number of ketones is 1. The molecule has 0 spiro atoms. The third-order valence-corrected chi connectivity index (χ3v) is 8.24. The van der Waals surface area contributed by atoms with Crippen LogP contribution in [0.5, 0.6) is 0 Å². The Kier molecular flexibility index (Phi) is 30.6. The maximum absolute atomic E-state index is 12.1. The minimum atomic E-state index is 0.526. The normalized spacial score (nSPS) is 12.3. The minimum Gasteiger partial charge on any atom is -0.300 e. The molecule has 0 amide bonds. The molecule has 1 heteroatoms. The van der Waals surface area contributed by atoms with Crippen LogP contribution in [0.4, 0.5) is 0 Å². The van der Waals surface area contributed by atoms with Gasteiger partial charge in [0.05, 0.1) is 0 Å². The Morgan fingerprint density at radius 3 is 1.03 bits per heavy atom. The third kappa shape index (κ3) is 29.9. The first-order chi connectivity index (χ1) is 17.7. The molecule has 0 bridgehead atoms. The molecule has 0 saturated carbocycles. The van der Waals surface area contributed by atoms with E-state index in [2.05, 4.69) is 20.8 Å². The SMILES string of the molecule is CCCCCCCCCCCCCCCC(=O)CCCCCCCCCCCCCCC(C)CCC. The van der Waals surface area contributed by atoms with Crippen LogP contribution in [0.1, 0.15) is 213 Å². The highest BCUT2D eigenvalue weighted by Gasteiger charge is 2.03. The molecule has 0 aliphatic heterocycles. The summed E-state index contributed by atoms with van der Waals surface area (Å²) in [6.07, 6.45) is 40.4. The summed E-state index contributed by atoms with van der Waals surface area (Å²) in [7, 11) is 0. The van der Waals surface area contributed by atoms with E-state index in [1.54, 1.807) is 0 Å². The van der Waals surface area contributed by atoms with E-state index in [0.717, 1.165) is 31.6 Å². The van der Waals surface area contributed by atoms with E-state index in [-0.39, 0.29) is 0 Å². The van der Waals surface area contributed by atoms with Crippen LogP contribution in [-0.4, -0.2) is 5.78 Å². The van der Waals surface area contributed by atoms with Gasteiger partial charge in [0.25, 0.3) is 0 Å². The van der Waals surface area contributed by atoms with Crippen molar-refractivity contribution in [3.8, 4) is 0 Å². The lowest BCUT2D eigenvalue weighted by Crippen LogP contribution is -1.97. The van der Waals surface area contributed by atoms with Crippen molar-refractivity contribution in [2.24, 2.45) is 5.92 Å². The molecule has 0 aliphatic rings. The van der Waals surface area contributed by atoms with E-state index in [9.17, 15) is 4.79 Å². The number of carbonyl (C=O) groups excluding carboxylic acids is 1. The van der Waals surface area contributed by atoms with Gasteiger partial charge in [-0.25, -0.2) is 0 Å². The zero-order valence-corrected chi connectivity index (χ0v) is 25.7. The second-order valence-corrected chi connectivity index (χ2v) is 12.2. The molecule has 0 rings (SSSR count). The number of hydrogen-bond donors (Lipinski definition) is 0. The highest BCUT2D eigenvalue weighted by atomic mass is 16.1. The zero-order valence-electron chi connectivity index (χ0n) is 25.7. The Morgan fingerprint density at radius 2 is 0.694 bits per heavy atom. The zero-order chi connectivity index (χ0) is 26.4. The smallest absolute Gasteiger partial charge is 0.132 e. The summed E-state index contributed by atoms with van der Waals surface area (Å²) in [5.41, 5.74) is 0. The molecule has 1 atom stereocenters. The van der Waals surface area contributed by atoms with Crippen LogP contribution in [0.25, 0.3) is 0 Å². The van der Waals surface area contributed by atoms with Crippen molar-refractivity contribution >= 4 is 5.78 Å². The fraction of sp³-hybridized carbons (Fsp3) is 0.971. The van der Waals surface area contributed by atoms with Crippen molar-refractivity contribution in [1.29, 1.82) is 0 Å². The molecule has 0 aliphatic carbocycles.